The monoisotopic (exact) mass is 214 g/mol. The molecule has 1 N–H and O–H groups in total. The average molecular weight is 214 g/mol. The van der Waals surface area contributed by atoms with E-state index in [0.717, 1.165) is 11.5 Å². The number of aliphatic hydroxyl groups excluding tert-OH is 1. The first-order valence-electron chi connectivity index (χ1n) is 5.04. The maximum absolute atomic E-state index is 9.65. The summed E-state index contributed by atoms with van der Waals surface area (Å²) in [4.78, 5) is 3.93. The van der Waals surface area contributed by atoms with Crippen LogP contribution in [0, 0.1) is 0 Å². The van der Waals surface area contributed by atoms with E-state index in [0.29, 0.717) is 6.54 Å². The summed E-state index contributed by atoms with van der Waals surface area (Å²) in [5, 5.41) is 9.65. The quantitative estimate of drug-likeness (QED) is 0.703. The Labute approximate surface area is 89.5 Å². The minimum absolute atomic E-state index is 0.258. The van der Waals surface area contributed by atoms with Crippen LogP contribution in [0.1, 0.15) is 19.8 Å². The van der Waals surface area contributed by atoms with Crippen LogP contribution in [0.25, 0.3) is 0 Å². The van der Waals surface area contributed by atoms with Crippen LogP contribution in [0.3, 0.4) is 0 Å². The molecule has 1 atom stereocenters. The fraction of sp³-hybridized carbons (Fsp3) is 0.700. The van der Waals surface area contributed by atoms with E-state index in [1.165, 1.54) is 12.8 Å². The first-order valence-corrected chi connectivity index (χ1v) is 6.20. The van der Waals surface area contributed by atoms with Crippen molar-refractivity contribution in [2.45, 2.75) is 32.4 Å². The van der Waals surface area contributed by atoms with Gasteiger partial charge in [-0.15, -0.1) is 0 Å². The topological polar surface area (TPSA) is 38.0 Å². The second-order valence-electron chi connectivity index (χ2n) is 3.34. The van der Waals surface area contributed by atoms with Gasteiger partial charge in [0.2, 0.25) is 0 Å². The normalized spacial score (nSPS) is 13.0. The summed E-state index contributed by atoms with van der Waals surface area (Å²) >= 11 is 1.82. The predicted molar refractivity (Wildman–Crippen MR) is 60.5 cm³/mol. The van der Waals surface area contributed by atoms with Gasteiger partial charge in [0.05, 0.1) is 19.0 Å². The van der Waals surface area contributed by atoms with E-state index < -0.39 is 0 Å². The maximum Gasteiger partial charge on any atom is 0.0946 e. The summed E-state index contributed by atoms with van der Waals surface area (Å²) in [7, 11) is 0. The highest BCUT2D eigenvalue weighted by atomic mass is 32.2. The van der Waals surface area contributed by atoms with Crippen LogP contribution in [0.4, 0.5) is 0 Å². The molecule has 0 saturated carbocycles. The van der Waals surface area contributed by atoms with Crippen molar-refractivity contribution in [1.29, 1.82) is 0 Å². The van der Waals surface area contributed by atoms with E-state index in [2.05, 4.69) is 11.9 Å². The Hall–Kier alpha value is -0.480. The summed E-state index contributed by atoms with van der Waals surface area (Å²) < 4.78 is 1.91. The lowest BCUT2D eigenvalue weighted by atomic mass is 10.4. The Bertz CT molecular complexity index is 226. The van der Waals surface area contributed by atoms with E-state index >= 15 is 0 Å². The molecule has 0 aliphatic carbocycles. The molecule has 1 rings (SSSR count). The van der Waals surface area contributed by atoms with E-state index in [9.17, 15) is 5.11 Å². The molecule has 1 heterocycles. The van der Waals surface area contributed by atoms with Gasteiger partial charge in [-0.1, -0.05) is 13.3 Å². The van der Waals surface area contributed by atoms with Gasteiger partial charge in [-0.3, -0.25) is 0 Å². The van der Waals surface area contributed by atoms with Crippen molar-refractivity contribution in [3.05, 3.63) is 18.7 Å². The highest BCUT2D eigenvalue weighted by molar-refractivity contribution is 7.99. The summed E-state index contributed by atoms with van der Waals surface area (Å²) in [6, 6.07) is 0. The van der Waals surface area contributed by atoms with Crippen molar-refractivity contribution in [1.82, 2.24) is 9.55 Å². The number of unbranched alkanes of at least 4 members (excludes halogenated alkanes) is 1. The third-order valence-electron chi connectivity index (χ3n) is 1.93. The molecule has 1 aromatic rings. The summed E-state index contributed by atoms with van der Waals surface area (Å²) in [6.07, 6.45) is 7.55. The van der Waals surface area contributed by atoms with Crippen LogP contribution >= 0.6 is 11.8 Å². The number of nitrogens with zero attached hydrogens (tertiary/aromatic N) is 2. The molecule has 80 valence electrons. The second-order valence-corrected chi connectivity index (χ2v) is 4.49. The third-order valence-corrected chi connectivity index (χ3v) is 3.13. The molecule has 0 aromatic carbocycles. The van der Waals surface area contributed by atoms with Gasteiger partial charge in [-0.25, -0.2) is 4.98 Å². The van der Waals surface area contributed by atoms with Crippen molar-refractivity contribution in [2.75, 3.05) is 11.5 Å². The smallest absolute Gasteiger partial charge is 0.0946 e. The molecule has 4 heteroatoms. The number of aliphatic hydroxyl groups is 1. The molecule has 0 saturated heterocycles. The number of aromatic nitrogens is 2. The minimum Gasteiger partial charge on any atom is -0.390 e. The predicted octanol–water partition coefficient (Wildman–Crippen LogP) is 1.78. The first kappa shape index (κ1) is 11.6. The Kier molecular flexibility index (Phi) is 5.71. The van der Waals surface area contributed by atoms with Gasteiger partial charge >= 0.3 is 0 Å². The highest BCUT2D eigenvalue weighted by Gasteiger charge is 2.04. The van der Waals surface area contributed by atoms with Gasteiger partial charge in [0.15, 0.2) is 0 Å². The molecule has 0 radical (unpaired) electrons. The van der Waals surface area contributed by atoms with Gasteiger partial charge in [0, 0.05) is 18.1 Å². The lowest BCUT2D eigenvalue weighted by Crippen LogP contribution is -2.17. The molecule has 0 bridgehead atoms. The number of hydrogen-bond acceptors (Lipinski definition) is 3. The fourth-order valence-electron chi connectivity index (χ4n) is 1.16. The van der Waals surface area contributed by atoms with Gasteiger partial charge in [-0.2, -0.15) is 11.8 Å². The van der Waals surface area contributed by atoms with E-state index in [1.54, 1.807) is 12.5 Å². The molecule has 14 heavy (non-hydrogen) atoms. The SMILES string of the molecule is CCCCSCC(O)Cn1ccnc1. The Balaban J connectivity index is 2.07. The first-order chi connectivity index (χ1) is 6.83. The Morgan fingerprint density at radius 1 is 1.57 bits per heavy atom. The summed E-state index contributed by atoms with van der Waals surface area (Å²) in [5.41, 5.74) is 0. The van der Waals surface area contributed by atoms with Crippen molar-refractivity contribution in [3.8, 4) is 0 Å². The van der Waals surface area contributed by atoms with Crippen LogP contribution in [0.5, 0.6) is 0 Å². The Morgan fingerprint density at radius 3 is 3.07 bits per heavy atom. The Morgan fingerprint density at radius 2 is 2.43 bits per heavy atom. The maximum atomic E-state index is 9.65. The van der Waals surface area contributed by atoms with Crippen molar-refractivity contribution in [3.63, 3.8) is 0 Å². The van der Waals surface area contributed by atoms with Gasteiger partial charge in [0.1, 0.15) is 0 Å². The summed E-state index contributed by atoms with van der Waals surface area (Å²) in [6.45, 7) is 2.83. The van der Waals surface area contributed by atoms with Crippen LogP contribution < -0.4 is 0 Å². The molecular formula is C10H18N2OS. The lowest BCUT2D eigenvalue weighted by molar-refractivity contribution is 0.178. The summed E-state index contributed by atoms with van der Waals surface area (Å²) in [5.74, 6) is 1.97. The minimum atomic E-state index is -0.258. The van der Waals surface area contributed by atoms with Crippen LogP contribution in [-0.2, 0) is 6.54 Å². The van der Waals surface area contributed by atoms with Gasteiger partial charge < -0.3 is 9.67 Å². The van der Waals surface area contributed by atoms with E-state index in [1.807, 2.05) is 22.5 Å². The van der Waals surface area contributed by atoms with E-state index in [4.69, 9.17) is 0 Å². The zero-order chi connectivity index (χ0) is 10.2. The highest BCUT2D eigenvalue weighted by Crippen LogP contribution is 2.07. The van der Waals surface area contributed by atoms with Crippen molar-refractivity contribution < 1.29 is 5.11 Å². The third kappa shape index (κ3) is 4.67. The largest absolute Gasteiger partial charge is 0.390 e. The van der Waals surface area contributed by atoms with Crippen LogP contribution in [-0.4, -0.2) is 32.3 Å². The number of hydrogen-bond donors (Lipinski definition) is 1. The molecule has 0 fully saturated rings. The van der Waals surface area contributed by atoms with Gasteiger partial charge in [-0.05, 0) is 12.2 Å². The molecule has 3 nitrogen and oxygen atoms in total. The zero-order valence-electron chi connectivity index (χ0n) is 8.59. The lowest BCUT2D eigenvalue weighted by Gasteiger charge is -2.10. The number of imidazole rings is 1. The molecule has 0 amide bonds. The molecule has 0 aliphatic rings. The zero-order valence-corrected chi connectivity index (χ0v) is 9.41. The number of rotatable bonds is 7. The molecule has 0 aliphatic heterocycles. The molecule has 1 aromatic heterocycles. The number of thioether (sulfide) groups is 1. The molecule has 1 unspecified atom stereocenters. The molecular weight excluding hydrogens is 196 g/mol. The molecule has 0 spiro atoms. The standard InChI is InChI=1S/C10H18N2OS/c1-2-3-6-14-8-10(13)7-12-5-4-11-9-12/h4-5,9-10,13H,2-3,6-8H2,1H3. The van der Waals surface area contributed by atoms with Crippen LogP contribution in [0.2, 0.25) is 0 Å². The average Bonchev–Trinajstić information content (AvgIpc) is 2.65. The van der Waals surface area contributed by atoms with Gasteiger partial charge in [0.25, 0.3) is 0 Å². The van der Waals surface area contributed by atoms with Crippen molar-refractivity contribution >= 4 is 11.8 Å². The fourth-order valence-corrected chi connectivity index (χ4v) is 2.19. The van der Waals surface area contributed by atoms with E-state index in [-0.39, 0.29) is 6.10 Å². The van der Waals surface area contributed by atoms with Crippen LogP contribution in [0.15, 0.2) is 18.7 Å². The second kappa shape index (κ2) is 6.90. The van der Waals surface area contributed by atoms with Crippen molar-refractivity contribution in [2.24, 2.45) is 0 Å².